The van der Waals surface area contributed by atoms with Gasteiger partial charge in [-0.15, -0.1) is 0 Å². The summed E-state index contributed by atoms with van der Waals surface area (Å²) in [7, 11) is 0. The van der Waals surface area contributed by atoms with Gasteiger partial charge in [0.25, 0.3) is 0 Å². The average molecular weight is 619 g/mol. The second kappa shape index (κ2) is 34.6. The summed E-state index contributed by atoms with van der Waals surface area (Å²) >= 11 is 0. The lowest BCUT2D eigenvalue weighted by molar-refractivity contribution is -0.122. The Balaban J connectivity index is 3.62. The first-order chi connectivity index (χ1) is 21.5. The van der Waals surface area contributed by atoms with Gasteiger partial charge in [-0.2, -0.15) is 0 Å². The molecule has 1 atom stereocenters. The highest BCUT2D eigenvalue weighted by atomic mass is 16.2. The Morgan fingerprint density at radius 2 is 0.932 bits per heavy atom. The highest BCUT2D eigenvalue weighted by Gasteiger charge is 2.15. The van der Waals surface area contributed by atoms with Crippen molar-refractivity contribution in [2.75, 3.05) is 6.54 Å². The SMILES string of the molecule is CCCC/C=C\CCCCCCCC(=O)NCCCC[C@H](NC(=O)CCCCCCCCCCCCCCCCC)C(C)C. The summed E-state index contributed by atoms with van der Waals surface area (Å²) in [5, 5.41) is 6.40. The summed E-state index contributed by atoms with van der Waals surface area (Å²) in [5.74, 6) is 0.850. The van der Waals surface area contributed by atoms with Crippen molar-refractivity contribution in [1.29, 1.82) is 0 Å². The van der Waals surface area contributed by atoms with E-state index in [2.05, 4.69) is 50.5 Å². The summed E-state index contributed by atoms with van der Waals surface area (Å²) in [6.45, 7) is 9.67. The second-order valence-electron chi connectivity index (χ2n) is 13.9. The van der Waals surface area contributed by atoms with Gasteiger partial charge in [0.05, 0.1) is 0 Å². The molecule has 0 spiro atoms. The van der Waals surface area contributed by atoms with Crippen LogP contribution in [0.4, 0.5) is 0 Å². The maximum absolute atomic E-state index is 12.5. The van der Waals surface area contributed by atoms with E-state index in [1.807, 2.05) is 0 Å². The van der Waals surface area contributed by atoms with Gasteiger partial charge >= 0.3 is 0 Å². The Hall–Kier alpha value is -1.32. The number of hydrogen-bond donors (Lipinski definition) is 2. The number of rotatable bonds is 34. The molecule has 0 aliphatic carbocycles. The molecule has 0 unspecified atom stereocenters. The number of allylic oxidation sites excluding steroid dienone is 2. The molecule has 260 valence electrons. The summed E-state index contributed by atoms with van der Waals surface area (Å²) in [5.41, 5.74) is 0. The fourth-order valence-electron chi connectivity index (χ4n) is 5.95. The molecule has 44 heavy (non-hydrogen) atoms. The lowest BCUT2D eigenvalue weighted by Gasteiger charge is -2.22. The van der Waals surface area contributed by atoms with E-state index in [0.717, 1.165) is 45.1 Å². The van der Waals surface area contributed by atoms with Crippen molar-refractivity contribution in [3.63, 3.8) is 0 Å². The summed E-state index contributed by atoms with van der Waals surface area (Å²) in [6.07, 6.45) is 40.1. The molecule has 0 rings (SSSR count). The van der Waals surface area contributed by atoms with Crippen molar-refractivity contribution < 1.29 is 9.59 Å². The third-order valence-electron chi connectivity index (χ3n) is 9.09. The first-order valence-electron chi connectivity index (χ1n) is 19.7. The largest absolute Gasteiger partial charge is 0.356 e. The van der Waals surface area contributed by atoms with Crippen LogP contribution in [-0.4, -0.2) is 24.4 Å². The van der Waals surface area contributed by atoms with Crippen molar-refractivity contribution in [3.8, 4) is 0 Å². The van der Waals surface area contributed by atoms with Crippen molar-refractivity contribution in [1.82, 2.24) is 10.6 Å². The molecule has 0 aliphatic rings. The molecule has 2 N–H and O–H groups in total. The lowest BCUT2D eigenvalue weighted by Crippen LogP contribution is -2.38. The monoisotopic (exact) mass is 619 g/mol. The minimum Gasteiger partial charge on any atom is -0.356 e. The van der Waals surface area contributed by atoms with Crippen LogP contribution in [0.3, 0.4) is 0 Å². The van der Waals surface area contributed by atoms with Gasteiger partial charge in [-0.25, -0.2) is 0 Å². The minimum atomic E-state index is 0.195. The molecule has 0 heterocycles. The Labute approximate surface area is 276 Å². The topological polar surface area (TPSA) is 58.2 Å². The van der Waals surface area contributed by atoms with E-state index in [9.17, 15) is 9.59 Å². The Bertz CT molecular complexity index is 645. The average Bonchev–Trinajstić information content (AvgIpc) is 3.00. The highest BCUT2D eigenvalue weighted by molar-refractivity contribution is 5.76. The van der Waals surface area contributed by atoms with Gasteiger partial charge in [-0.3, -0.25) is 9.59 Å². The van der Waals surface area contributed by atoms with Crippen molar-refractivity contribution in [3.05, 3.63) is 12.2 Å². The zero-order valence-electron chi connectivity index (χ0n) is 30.3. The van der Waals surface area contributed by atoms with Crippen LogP contribution in [0, 0.1) is 5.92 Å². The maximum atomic E-state index is 12.5. The van der Waals surface area contributed by atoms with Gasteiger partial charge in [0, 0.05) is 25.4 Å². The van der Waals surface area contributed by atoms with Crippen LogP contribution in [0.1, 0.15) is 214 Å². The Kier molecular flexibility index (Phi) is 33.5. The fraction of sp³-hybridized carbons (Fsp3) is 0.900. The van der Waals surface area contributed by atoms with Gasteiger partial charge in [0.1, 0.15) is 0 Å². The van der Waals surface area contributed by atoms with Crippen LogP contribution < -0.4 is 10.6 Å². The number of carbonyl (C=O) groups is 2. The molecule has 0 saturated heterocycles. The molecule has 4 heteroatoms. The van der Waals surface area contributed by atoms with E-state index >= 15 is 0 Å². The molecular formula is C40H78N2O2. The normalized spacial score (nSPS) is 12.3. The molecule has 2 amide bonds. The van der Waals surface area contributed by atoms with Crippen molar-refractivity contribution in [2.45, 2.75) is 220 Å². The van der Waals surface area contributed by atoms with Gasteiger partial charge < -0.3 is 10.6 Å². The number of hydrogen-bond acceptors (Lipinski definition) is 2. The summed E-state index contributed by atoms with van der Waals surface area (Å²) in [4.78, 5) is 24.7. The predicted octanol–water partition coefficient (Wildman–Crippen LogP) is 12.2. The highest BCUT2D eigenvalue weighted by Crippen LogP contribution is 2.15. The Morgan fingerprint density at radius 3 is 1.43 bits per heavy atom. The molecule has 0 radical (unpaired) electrons. The number of amides is 2. The molecule has 4 nitrogen and oxygen atoms in total. The molecule has 0 aromatic heterocycles. The number of unbranched alkanes of at least 4 members (excludes halogenated alkanes) is 22. The van der Waals surface area contributed by atoms with Crippen LogP contribution >= 0.6 is 0 Å². The van der Waals surface area contributed by atoms with E-state index in [0.29, 0.717) is 18.8 Å². The molecule has 0 bridgehead atoms. The minimum absolute atomic E-state index is 0.195. The van der Waals surface area contributed by atoms with Gasteiger partial charge in [-0.1, -0.05) is 162 Å². The predicted molar refractivity (Wildman–Crippen MR) is 194 cm³/mol. The first-order valence-corrected chi connectivity index (χ1v) is 19.7. The lowest BCUT2D eigenvalue weighted by atomic mass is 9.98. The van der Waals surface area contributed by atoms with E-state index in [-0.39, 0.29) is 17.9 Å². The quantitative estimate of drug-likeness (QED) is 0.0557. The third kappa shape index (κ3) is 32.1. The van der Waals surface area contributed by atoms with E-state index < -0.39 is 0 Å². The summed E-state index contributed by atoms with van der Waals surface area (Å²) in [6, 6.07) is 0.237. The van der Waals surface area contributed by atoms with Crippen molar-refractivity contribution in [2.24, 2.45) is 5.92 Å². The Morgan fingerprint density at radius 1 is 0.500 bits per heavy atom. The van der Waals surface area contributed by atoms with Gasteiger partial charge in [0.15, 0.2) is 0 Å². The standard InChI is InChI=1S/C40H78N2O2/c1-5-7-9-11-13-15-17-18-19-20-22-24-26-28-30-35-40(44)42-38(37(3)4)33-31-32-36-41-39(43)34-29-27-25-23-21-16-14-12-10-8-6-2/h12,14,37-38H,5-11,13,15-36H2,1-4H3,(H,41,43)(H,42,44)/b14-12-/t38-/m0/s1. The van der Waals surface area contributed by atoms with E-state index in [4.69, 9.17) is 0 Å². The second-order valence-corrected chi connectivity index (χ2v) is 13.9. The van der Waals surface area contributed by atoms with Crippen molar-refractivity contribution >= 4 is 11.8 Å². The van der Waals surface area contributed by atoms with E-state index in [1.54, 1.807) is 0 Å². The zero-order chi connectivity index (χ0) is 32.4. The molecule has 0 saturated carbocycles. The molecular weight excluding hydrogens is 540 g/mol. The van der Waals surface area contributed by atoms with Crippen LogP contribution in [0.5, 0.6) is 0 Å². The van der Waals surface area contributed by atoms with Crippen LogP contribution in [0.25, 0.3) is 0 Å². The summed E-state index contributed by atoms with van der Waals surface area (Å²) < 4.78 is 0. The smallest absolute Gasteiger partial charge is 0.220 e. The third-order valence-corrected chi connectivity index (χ3v) is 9.09. The van der Waals surface area contributed by atoms with Crippen LogP contribution in [-0.2, 0) is 9.59 Å². The maximum Gasteiger partial charge on any atom is 0.220 e. The van der Waals surface area contributed by atoms with Gasteiger partial charge in [0.2, 0.25) is 11.8 Å². The fourth-order valence-corrected chi connectivity index (χ4v) is 5.95. The zero-order valence-corrected chi connectivity index (χ0v) is 30.3. The molecule has 0 aromatic rings. The molecule has 0 fully saturated rings. The van der Waals surface area contributed by atoms with Gasteiger partial charge in [-0.05, 0) is 57.3 Å². The number of carbonyl (C=O) groups excluding carboxylic acids is 2. The number of nitrogens with one attached hydrogen (secondary N) is 2. The molecule has 0 aromatic carbocycles. The van der Waals surface area contributed by atoms with Crippen LogP contribution in [0.2, 0.25) is 0 Å². The van der Waals surface area contributed by atoms with Crippen LogP contribution in [0.15, 0.2) is 12.2 Å². The molecule has 0 aliphatic heterocycles. The first kappa shape index (κ1) is 42.7. The van der Waals surface area contributed by atoms with E-state index in [1.165, 1.54) is 135 Å².